The van der Waals surface area contributed by atoms with Crippen LogP contribution >= 0.6 is 0 Å². The van der Waals surface area contributed by atoms with Gasteiger partial charge in [0, 0.05) is 45.8 Å². The lowest BCUT2D eigenvalue weighted by atomic mass is 9.94. The van der Waals surface area contributed by atoms with Crippen molar-refractivity contribution < 1.29 is 22.7 Å². The quantitative estimate of drug-likeness (QED) is 0.559. The minimum atomic E-state index is -3.74. The van der Waals surface area contributed by atoms with Crippen LogP contribution in [0.1, 0.15) is 25.8 Å². The molecule has 0 N–H and O–H groups in total. The SMILES string of the molecule is C[C@@H]1C[C@H](C)CN(S(=O)(=O)c2ccc3c(c2)N(CC(=O)N2CCN(Cc4ccccc4)CC2)C(=O)CO3)C1. The Labute approximate surface area is 225 Å². The van der Waals surface area contributed by atoms with Crippen molar-refractivity contribution in [3.8, 4) is 5.75 Å². The number of carbonyl (C=O) groups is 2. The van der Waals surface area contributed by atoms with Crippen LogP contribution in [0.4, 0.5) is 5.69 Å². The van der Waals surface area contributed by atoms with E-state index in [-0.39, 0.29) is 41.7 Å². The minimum absolute atomic E-state index is 0.114. The molecule has 38 heavy (non-hydrogen) atoms. The normalized spacial score (nSPS) is 23.2. The van der Waals surface area contributed by atoms with Crippen molar-refractivity contribution in [2.75, 3.05) is 57.3 Å². The number of fused-ring (bicyclic) bond motifs is 1. The number of nitrogens with zero attached hydrogens (tertiary/aromatic N) is 4. The van der Waals surface area contributed by atoms with E-state index in [9.17, 15) is 18.0 Å². The average Bonchev–Trinajstić information content (AvgIpc) is 2.90. The maximum absolute atomic E-state index is 13.5. The van der Waals surface area contributed by atoms with Crippen LogP contribution in [0.15, 0.2) is 53.4 Å². The summed E-state index contributed by atoms with van der Waals surface area (Å²) in [4.78, 5) is 31.7. The van der Waals surface area contributed by atoms with E-state index in [2.05, 4.69) is 30.9 Å². The molecule has 2 aromatic carbocycles. The third kappa shape index (κ3) is 5.72. The van der Waals surface area contributed by atoms with Crippen molar-refractivity contribution in [3.05, 3.63) is 54.1 Å². The molecule has 9 nitrogen and oxygen atoms in total. The van der Waals surface area contributed by atoms with E-state index in [1.165, 1.54) is 26.9 Å². The van der Waals surface area contributed by atoms with Crippen molar-refractivity contribution in [2.45, 2.75) is 31.7 Å². The number of hydrogen-bond donors (Lipinski definition) is 0. The van der Waals surface area contributed by atoms with E-state index in [1.807, 2.05) is 18.2 Å². The molecule has 2 amide bonds. The highest BCUT2D eigenvalue weighted by molar-refractivity contribution is 7.89. The third-order valence-corrected chi connectivity index (χ3v) is 9.44. The van der Waals surface area contributed by atoms with Crippen molar-refractivity contribution in [3.63, 3.8) is 0 Å². The zero-order chi connectivity index (χ0) is 26.9. The van der Waals surface area contributed by atoms with Crippen LogP contribution in [0.3, 0.4) is 0 Å². The van der Waals surface area contributed by atoms with Gasteiger partial charge in [-0.05, 0) is 42.0 Å². The first kappa shape index (κ1) is 26.6. The maximum Gasteiger partial charge on any atom is 0.265 e. The summed E-state index contributed by atoms with van der Waals surface area (Å²) in [5.41, 5.74) is 1.57. The van der Waals surface area contributed by atoms with Crippen LogP contribution in [-0.2, 0) is 26.2 Å². The zero-order valence-corrected chi connectivity index (χ0v) is 22.9. The van der Waals surface area contributed by atoms with Gasteiger partial charge in [0.15, 0.2) is 6.61 Å². The molecule has 0 bridgehead atoms. The van der Waals surface area contributed by atoms with Gasteiger partial charge in [-0.1, -0.05) is 44.2 Å². The van der Waals surface area contributed by atoms with E-state index in [4.69, 9.17) is 4.74 Å². The van der Waals surface area contributed by atoms with Crippen LogP contribution in [-0.4, -0.2) is 86.8 Å². The molecule has 2 fully saturated rings. The topological polar surface area (TPSA) is 90.5 Å². The van der Waals surface area contributed by atoms with Gasteiger partial charge in [0.1, 0.15) is 12.3 Å². The third-order valence-electron chi connectivity index (χ3n) is 7.61. The lowest BCUT2D eigenvalue weighted by Crippen LogP contribution is -2.52. The highest BCUT2D eigenvalue weighted by Gasteiger charge is 2.35. The van der Waals surface area contributed by atoms with Crippen LogP contribution < -0.4 is 9.64 Å². The molecule has 0 radical (unpaired) electrons. The largest absolute Gasteiger partial charge is 0.482 e. The number of rotatable bonds is 6. The molecule has 0 unspecified atom stereocenters. The summed E-state index contributed by atoms with van der Waals surface area (Å²) < 4.78 is 34.1. The summed E-state index contributed by atoms with van der Waals surface area (Å²) in [5, 5.41) is 0. The number of amides is 2. The van der Waals surface area contributed by atoms with E-state index in [0.717, 1.165) is 26.1 Å². The number of benzene rings is 2. The molecule has 10 heteroatoms. The van der Waals surface area contributed by atoms with Gasteiger partial charge in [0.05, 0.1) is 10.6 Å². The summed E-state index contributed by atoms with van der Waals surface area (Å²) in [7, 11) is -3.74. The van der Waals surface area contributed by atoms with Crippen molar-refractivity contribution >= 4 is 27.5 Å². The highest BCUT2D eigenvalue weighted by Crippen LogP contribution is 2.36. The molecule has 204 valence electrons. The molecule has 2 aromatic rings. The molecule has 2 saturated heterocycles. The Balaban J connectivity index is 1.28. The Kier molecular flexibility index (Phi) is 7.74. The maximum atomic E-state index is 13.5. The predicted molar refractivity (Wildman–Crippen MR) is 144 cm³/mol. The van der Waals surface area contributed by atoms with Crippen LogP contribution in [0.25, 0.3) is 0 Å². The molecule has 0 spiro atoms. The van der Waals surface area contributed by atoms with Crippen molar-refractivity contribution in [1.29, 1.82) is 0 Å². The predicted octanol–water partition coefficient (Wildman–Crippen LogP) is 2.42. The number of carbonyl (C=O) groups excluding carboxylic acids is 2. The number of anilines is 1. The number of ether oxygens (including phenoxy) is 1. The highest BCUT2D eigenvalue weighted by atomic mass is 32.2. The molecular weight excluding hydrogens is 504 g/mol. The zero-order valence-electron chi connectivity index (χ0n) is 22.1. The second-order valence-corrected chi connectivity index (χ2v) is 12.7. The fraction of sp³-hybridized carbons (Fsp3) is 0.500. The fourth-order valence-corrected chi connectivity index (χ4v) is 7.40. The van der Waals surface area contributed by atoms with Crippen LogP contribution in [0, 0.1) is 11.8 Å². The fourth-order valence-electron chi connectivity index (χ4n) is 5.70. The van der Waals surface area contributed by atoms with E-state index in [1.54, 1.807) is 11.0 Å². The molecule has 2 atom stereocenters. The monoisotopic (exact) mass is 540 g/mol. The number of hydrogen-bond acceptors (Lipinski definition) is 6. The molecule has 0 saturated carbocycles. The molecule has 3 aliphatic rings. The van der Waals surface area contributed by atoms with Gasteiger partial charge in [0.2, 0.25) is 15.9 Å². The minimum Gasteiger partial charge on any atom is -0.482 e. The summed E-state index contributed by atoms with van der Waals surface area (Å²) in [6.07, 6.45) is 0.995. The number of piperazine rings is 1. The Morgan fingerprint density at radius 3 is 2.34 bits per heavy atom. The molecule has 0 aliphatic carbocycles. The van der Waals surface area contributed by atoms with Crippen LogP contribution in [0.5, 0.6) is 5.75 Å². The van der Waals surface area contributed by atoms with Gasteiger partial charge in [0.25, 0.3) is 5.91 Å². The van der Waals surface area contributed by atoms with Gasteiger partial charge < -0.3 is 9.64 Å². The summed E-state index contributed by atoms with van der Waals surface area (Å²) in [5.74, 6) is 0.446. The van der Waals surface area contributed by atoms with Gasteiger partial charge in [-0.25, -0.2) is 8.42 Å². The lowest BCUT2D eigenvalue weighted by molar-refractivity contribution is -0.133. The molecule has 0 aromatic heterocycles. The first-order valence-corrected chi connectivity index (χ1v) is 14.8. The van der Waals surface area contributed by atoms with Gasteiger partial charge >= 0.3 is 0 Å². The molecular formula is C28H36N4O5S. The van der Waals surface area contributed by atoms with E-state index < -0.39 is 10.0 Å². The van der Waals surface area contributed by atoms with Crippen LogP contribution in [0.2, 0.25) is 0 Å². The lowest BCUT2D eigenvalue weighted by Gasteiger charge is -2.37. The smallest absolute Gasteiger partial charge is 0.265 e. The van der Waals surface area contributed by atoms with Crippen molar-refractivity contribution in [2.24, 2.45) is 11.8 Å². The standard InChI is InChI=1S/C28H36N4O5S/c1-21-14-22(2)17-31(16-21)38(35,36)24-8-9-26-25(15-24)32(28(34)20-37-26)19-27(33)30-12-10-29(11-13-30)18-23-6-4-3-5-7-23/h3-9,15,21-22H,10-14,16-20H2,1-2H3/t21-,22+. The second kappa shape index (κ2) is 11.0. The Morgan fingerprint density at radius 2 is 1.66 bits per heavy atom. The Morgan fingerprint density at radius 1 is 0.974 bits per heavy atom. The molecule has 3 aliphatic heterocycles. The molecule has 5 rings (SSSR count). The molecule has 3 heterocycles. The Hall–Kier alpha value is -2.95. The Bertz CT molecular complexity index is 1270. The first-order valence-electron chi connectivity index (χ1n) is 13.3. The summed E-state index contributed by atoms with van der Waals surface area (Å²) in [6.45, 7) is 8.24. The van der Waals surface area contributed by atoms with E-state index >= 15 is 0 Å². The number of piperidine rings is 1. The summed E-state index contributed by atoms with van der Waals surface area (Å²) in [6, 6.07) is 14.8. The number of sulfonamides is 1. The second-order valence-electron chi connectivity index (χ2n) is 10.8. The van der Waals surface area contributed by atoms with Gasteiger partial charge in [-0.15, -0.1) is 0 Å². The average molecular weight is 541 g/mol. The van der Waals surface area contributed by atoms with Gasteiger partial charge in [-0.2, -0.15) is 4.31 Å². The first-order chi connectivity index (χ1) is 18.2. The van der Waals surface area contributed by atoms with Crippen molar-refractivity contribution in [1.82, 2.24) is 14.1 Å². The van der Waals surface area contributed by atoms with Gasteiger partial charge in [-0.3, -0.25) is 19.4 Å². The van der Waals surface area contributed by atoms with E-state index in [0.29, 0.717) is 37.6 Å². The summed E-state index contributed by atoms with van der Waals surface area (Å²) >= 11 is 0.